The van der Waals surface area contributed by atoms with Gasteiger partial charge in [0.25, 0.3) is 0 Å². The van der Waals surface area contributed by atoms with Crippen LogP contribution in [-0.2, 0) is 4.79 Å². The lowest BCUT2D eigenvalue weighted by molar-refractivity contribution is -0.117. The zero-order valence-corrected chi connectivity index (χ0v) is 11.2. The van der Waals surface area contributed by atoms with Gasteiger partial charge in [-0.3, -0.25) is 9.79 Å². The molecule has 3 nitrogen and oxygen atoms in total. The molecule has 0 unspecified atom stereocenters. The van der Waals surface area contributed by atoms with Gasteiger partial charge in [-0.1, -0.05) is 30.0 Å². The minimum atomic E-state index is 0.0198. The molecule has 1 heterocycles. The first-order chi connectivity index (χ1) is 8.25. The molecule has 0 fully saturated rings. The highest BCUT2D eigenvalue weighted by Crippen LogP contribution is 2.21. The third-order valence-electron chi connectivity index (χ3n) is 2.28. The Labute approximate surface area is 109 Å². The first-order valence-corrected chi connectivity index (χ1v) is 7.38. The van der Waals surface area contributed by atoms with Crippen LogP contribution in [0.1, 0.15) is 5.56 Å². The van der Waals surface area contributed by atoms with E-state index in [1.165, 1.54) is 5.56 Å². The Balaban J connectivity index is 1.82. The smallest absolute Gasteiger partial charge is 0.236 e. The van der Waals surface area contributed by atoms with E-state index in [1.54, 1.807) is 23.5 Å². The van der Waals surface area contributed by atoms with Crippen LogP contribution in [0.25, 0.3) is 0 Å². The zero-order valence-electron chi connectivity index (χ0n) is 9.60. The molecule has 0 atom stereocenters. The second kappa shape index (κ2) is 6.12. The number of amides is 1. The molecule has 17 heavy (non-hydrogen) atoms. The molecule has 0 saturated heterocycles. The number of thioether (sulfide) groups is 2. The fourth-order valence-corrected chi connectivity index (χ4v) is 3.00. The van der Waals surface area contributed by atoms with Crippen LogP contribution in [0.2, 0.25) is 0 Å². The Morgan fingerprint density at radius 2 is 2.35 bits per heavy atom. The maximum Gasteiger partial charge on any atom is 0.236 e. The summed E-state index contributed by atoms with van der Waals surface area (Å²) < 4.78 is 0. The van der Waals surface area contributed by atoms with Crippen molar-refractivity contribution < 1.29 is 4.79 Å². The van der Waals surface area contributed by atoms with E-state index in [0.717, 1.165) is 22.4 Å². The molecule has 0 saturated carbocycles. The molecule has 1 amide bonds. The number of benzene rings is 1. The van der Waals surface area contributed by atoms with E-state index < -0.39 is 0 Å². The van der Waals surface area contributed by atoms with Crippen molar-refractivity contribution >= 4 is 34.6 Å². The molecule has 1 N–H and O–H groups in total. The largest absolute Gasteiger partial charge is 0.305 e. The molecule has 1 aliphatic rings. The summed E-state index contributed by atoms with van der Waals surface area (Å²) in [6.45, 7) is 2.86. The predicted molar refractivity (Wildman–Crippen MR) is 74.8 cm³/mol. The summed E-state index contributed by atoms with van der Waals surface area (Å²) in [7, 11) is 0. The summed E-state index contributed by atoms with van der Waals surface area (Å²) in [5.74, 6) is 1.43. The van der Waals surface area contributed by atoms with Crippen molar-refractivity contribution in [3.05, 3.63) is 29.8 Å². The Kier molecular flexibility index (Phi) is 4.50. The summed E-state index contributed by atoms with van der Waals surface area (Å²) in [6.07, 6.45) is 0. The van der Waals surface area contributed by atoms with Crippen LogP contribution in [0.15, 0.2) is 34.2 Å². The Bertz CT molecular complexity index is 446. The Hall–Kier alpha value is -0.940. The van der Waals surface area contributed by atoms with Gasteiger partial charge in [0, 0.05) is 10.6 Å². The number of nitrogens with zero attached hydrogens (tertiary/aromatic N) is 1. The summed E-state index contributed by atoms with van der Waals surface area (Å²) in [5, 5.41) is 3.59. The molecule has 0 aromatic heterocycles. The molecule has 5 heteroatoms. The molecule has 0 spiro atoms. The highest BCUT2D eigenvalue weighted by atomic mass is 32.2. The Morgan fingerprint density at radius 1 is 1.53 bits per heavy atom. The van der Waals surface area contributed by atoms with Gasteiger partial charge in [0.05, 0.1) is 12.3 Å². The first-order valence-electron chi connectivity index (χ1n) is 5.41. The number of rotatable bonds is 3. The third kappa shape index (κ3) is 3.78. The standard InChI is InChI=1S/C12H14N2OS2/c1-9-4-2-3-5-10(9)17-8-11(15)14-12-13-6-7-16-12/h2-5H,6-8H2,1H3,(H,13,14,15). The average molecular weight is 266 g/mol. The minimum Gasteiger partial charge on any atom is -0.305 e. The maximum atomic E-state index is 11.7. The first kappa shape index (κ1) is 12.5. The van der Waals surface area contributed by atoms with Gasteiger partial charge in [0.2, 0.25) is 5.91 Å². The van der Waals surface area contributed by atoms with Crippen molar-refractivity contribution in [2.75, 3.05) is 18.1 Å². The number of hydrogen-bond donors (Lipinski definition) is 1. The van der Waals surface area contributed by atoms with Gasteiger partial charge in [0.15, 0.2) is 5.17 Å². The molecule has 0 radical (unpaired) electrons. The lowest BCUT2D eigenvalue weighted by Gasteiger charge is -2.05. The summed E-state index contributed by atoms with van der Waals surface area (Å²) >= 11 is 3.17. The number of aryl methyl sites for hydroxylation is 1. The van der Waals surface area contributed by atoms with Crippen molar-refractivity contribution in [3.8, 4) is 0 Å². The molecule has 2 rings (SSSR count). The van der Waals surface area contributed by atoms with Crippen LogP contribution in [0.4, 0.5) is 0 Å². The van der Waals surface area contributed by atoms with E-state index in [2.05, 4.69) is 23.3 Å². The van der Waals surface area contributed by atoms with Crippen molar-refractivity contribution in [2.24, 2.45) is 4.99 Å². The van der Waals surface area contributed by atoms with Crippen LogP contribution in [0, 0.1) is 6.92 Å². The van der Waals surface area contributed by atoms with E-state index in [0.29, 0.717) is 5.75 Å². The summed E-state index contributed by atoms with van der Waals surface area (Å²) in [4.78, 5) is 17.0. The van der Waals surface area contributed by atoms with E-state index in [9.17, 15) is 4.79 Å². The monoisotopic (exact) mass is 266 g/mol. The third-order valence-corrected chi connectivity index (χ3v) is 4.35. The highest BCUT2D eigenvalue weighted by molar-refractivity contribution is 8.14. The van der Waals surface area contributed by atoms with Crippen LogP contribution < -0.4 is 5.32 Å². The van der Waals surface area contributed by atoms with Crippen molar-refractivity contribution in [1.29, 1.82) is 0 Å². The molecule has 90 valence electrons. The van der Waals surface area contributed by atoms with Gasteiger partial charge < -0.3 is 5.32 Å². The molecular weight excluding hydrogens is 252 g/mol. The molecule has 0 bridgehead atoms. The number of carbonyl (C=O) groups is 1. The van der Waals surface area contributed by atoms with E-state index in [-0.39, 0.29) is 5.91 Å². The fourth-order valence-electron chi connectivity index (χ4n) is 1.43. The number of hydrogen-bond acceptors (Lipinski definition) is 4. The van der Waals surface area contributed by atoms with Crippen molar-refractivity contribution in [2.45, 2.75) is 11.8 Å². The average Bonchev–Trinajstić information content (AvgIpc) is 2.81. The van der Waals surface area contributed by atoms with Gasteiger partial charge in [0.1, 0.15) is 0 Å². The minimum absolute atomic E-state index is 0.0198. The summed E-state index contributed by atoms with van der Waals surface area (Å²) in [5.41, 5.74) is 1.21. The van der Waals surface area contributed by atoms with Crippen LogP contribution in [0.3, 0.4) is 0 Å². The number of amidine groups is 1. The second-order valence-corrected chi connectivity index (χ2v) is 5.74. The normalized spacial score (nSPS) is 14.5. The van der Waals surface area contributed by atoms with Crippen LogP contribution >= 0.6 is 23.5 Å². The zero-order chi connectivity index (χ0) is 12.1. The van der Waals surface area contributed by atoms with Gasteiger partial charge in [-0.2, -0.15) is 0 Å². The topological polar surface area (TPSA) is 41.5 Å². The molecule has 1 aromatic carbocycles. The second-order valence-electron chi connectivity index (χ2n) is 3.64. The number of carbonyl (C=O) groups excluding carboxylic acids is 1. The van der Waals surface area contributed by atoms with Crippen molar-refractivity contribution in [3.63, 3.8) is 0 Å². The summed E-state index contributed by atoms with van der Waals surface area (Å²) in [6, 6.07) is 8.08. The SMILES string of the molecule is Cc1ccccc1SCC(=O)NC1=NCCS1. The van der Waals surface area contributed by atoms with Crippen LogP contribution in [0.5, 0.6) is 0 Å². The maximum absolute atomic E-state index is 11.7. The van der Waals surface area contributed by atoms with Crippen molar-refractivity contribution in [1.82, 2.24) is 5.32 Å². The number of aliphatic imine (C=N–C) groups is 1. The van der Waals surface area contributed by atoms with E-state index in [1.807, 2.05) is 18.2 Å². The lowest BCUT2D eigenvalue weighted by atomic mass is 10.2. The van der Waals surface area contributed by atoms with Crippen LogP contribution in [-0.4, -0.2) is 29.1 Å². The predicted octanol–water partition coefficient (Wildman–Crippen LogP) is 2.31. The van der Waals surface area contributed by atoms with Gasteiger partial charge in [-0.15, -0.1) is 11.8 Å². The molecule has 1 aliphatic heterocycles. The number of nitrogens with one attached hydrogen (secondary N) is 1. The lowest BCUT2D eigenvalue weighted by Crippen LogP contribution is -2.28. The Morgan fingerprint density at radius 3 is 3.06 bits per heavy atom. The quantitative estimate of drug-likeness (QED) is 0.854. The van der Waals surface area contributed by atoms with Gasteiger partial charge >= 0.3 is 0 Å². The molecule has 1 aromatic rings. The van der Waals surface area contributed by atoms with E-state index >= 15 is 0 Å². The fraction of sp³-hybridized carbons (Fsp3) is 0.333. The molecular formula is C12H14N2OS2. The van der Waals surface area contributed by atoms with Gasteiger partial charge in [-0.25, -0.2) is 0 Å². The van der Waals surface area contributed by atoms with Gasteiger partial charge in [-0.05, 0) is 18.6 Å². The van der Waals surface area contributed by atoms with E-state index in [4.69, 9.17) is 0 Å². The molecule has 0 aliphatic carbocycles. The highest BCUT2D eigenvalue weighted by Gasteiger charge is 2.11.